The van der Waals surface area contributed by atoms with Gasteiger partial charge in [0.2, 0.25) is 5.91 Å². The molecule has 1 unspecified atom stereocenters. The standard InChI is InChI=1S/C5H7N3O4/c6-4(10)8(5(11)12)2-1-7-3(2)9/h2H,1H2,(H2,6,10)(H,7,9)(H,11,12). The molecule has 1 heterocycles. The Bertz CT molecular complexity index is 237. The third-order valence-corrected chi connectivity index (χ3v) is 1.53. The predicted molar refractivity (Wildman–Crippen MR) is 36.2 cm³/mol. The molecule has 4 amide bonds. The molecule has 1 rings (SSSR count). The molecule has 1 aliphatic rings. The average molecular weight is 173 g/mol. The summed E-state index contributed by atoms with van der Waals surface area (Å²) in [7, 11) is 0. The molecule has 0 saturated carbocycles. The molecule has 1 fully saturated rings. The Balaban J connectivity index is 2.72. The first-order valence-corrected chi connectivity index (χ1v) is 3.13. The van der Waals surface area contributed by atoms with Crippen molar-refractivity contribution in [3.05, 3.63) is 0 Å². The number of carbonyl (C=O) groups excluding carboxylic acids is 2. The second-order valence-corrected chi connectivity index (χ2v) is 2.25. The number of hydrogen-bond acceptors (Lipinski definition) is 3. The van der Waals surface area contributed by atoms with E-state index in [9.17, 15) is 14.4 Å². The van der Waals surface area contributed by atoms with Crippen LogP contribution in [0.2, 0.25) is 0 Å². The maximum absolute atomic E-state index is 10.7. The third-order valence-electron chi connectivity index (χ3n) is 1.53. The number of nitrogens with two attached hydrogens (primary N) is 1. The minimum atomic E-state index is -1.51. The van der Waals surface area contributed by atoms with Crippen LogP contribution < -0.4 is 11.1 Å². The van der Waals surface area contributed by atoms with Gasteiger partial charge in [0.15, 0.2) is 0 Å². The summed E-state index contributed by atoms with van der Waals surface area (Å²) in [5, 5.41) is 10.7. The van der Waals surface area contributed by atoms with Gasteiger partial charge in [-0.2, -0.15) is 0 Å². The molecule has 0 aromatic carbocycles. The fraction of sp³-hybridized carbons (Fsp3) is 0.400. The number of β-lactam (4-membered cyclic amide) rings is 1. The Morgan fingerprint density at radius 3 is 2.33 bits per heavy atom. The molecular weight excluding hydrogens is 166 g/mol. The summed E-state index contributed by atoms with van der Waals surface area (Å²) in [6.07, 6.45) is -1.51. The van der Waals surface area contributed by atoms with Crippen LogP contribution in [0, 0.1) is 0 Å². The van der Waals surface area contributed by atoms with Crippen LogP contribution in [-0.2, 0) is 4.79 Å². The number of carboxylic acid groups (broad SMARTS) is 1. The van der Waals surface area contributed by atoms with E-state index in [0.717, 1.165) is 0 Å². The normalized spacial score (nSPS) is 20.7. The summed E-state index contributed by atoms with van der Waals surface area (Å²) in [5.74, 6) is -0.504. The molecule has 0 bridgehead atoms. The van der Waals surface area contributed by atoms with Gasteiger partial charge in [-0.25, -0.2) is 14.5 Å². The summed E-state index contributed by atoms with van der Waals surface area (Å²) < 4.78 is 0. The maximum atomic E-state index is 10.7. The number of carbonyl (C=O) groups is 3. The van der Waals surface area contributed by atoms with Crippen molar-refractivity contribution < 1.29 is 19.5 Å². The van der Waals surface area contributed by atoms with E-state index in [1.54, 1.807) is 0 Å². The fourth-order valence-electron chi connectivity index (χ4n) is 0.866. The summed E-state index contributed by atoms with van der Waals surface area (Å²) in [6.45, 7) is 0.133. The van der Waals surface area contributed by atoms with Crippen LogP contribution in [-0.4, -0.2) is 40.6 Å². The number of hydrogen-bond donors (Lipinski definition) is 3. The molecule has 7 heteroatoms. The number of rotatable bonds is 1. The van der Waals surface area contributed by atoms with Crippen molar-refractivity contribution in [2.45, 2.75) is 6.04 Å². The highest BCUT2D eigenvalue weighted by Crippen LogP contribution is 2.06. The summed E-state index contributed by atoms with van der Waals surface area (Å²) >= 11 is 0. The van der Waals surface area contributed by atoms with Crippen LogP contribution >= 0.6 is 0 Å². The van der Waals surface area contributed by atoms with E-state index in [2.05, 4.69) is 5.32 Å². The largest absolute Gasteiger partial charge is 0.465 e. The molecule has 7 nitrogen and oxygen atoms in total. The number of urea groups is 1. The van der Waals surface area contributed by atoms with Gasteiger partial charge in [-0.15, -0.1) is 0 Å². The predicted octanol–water partition coefficient (Wildman–Crippen LogP) is -1.46. The van der Waals surface area contributed by atoms with Crippen LogP contribution in [0.1, 0.15) is 0 Å². The summed E-state index contributed by atoms with van der Waals surface area (Å²) in [6, 6.07) is -2.10. The molecule has 12 heavy (non-hydrogen) atoms. The van der Waals surface area contributed by atoms with E-state index in [4.69, 9.17) is 10.8 Å². The Hall–Kier alpha value is -1.79. The zero-order valence-corrected chi connectivity index (χ0v) is 5.98. The van der Waals surface area contributed by atoms with Gasteiger partial charge in [0.1, 0.15) is 6.04 Å². The van der Waals surface area contributed by atoms with Crippen LogP contribution in [0.5, 0.6) is 0 Å². The monoisotopic (exact) mass is 173 g/mol. The van der Waals surface area contributed by atoms with Crippen molar-refractivity contribution in [3.63, 3.8) is 0 Å². The molecule has 0 spiro atoms. The lowest BCUT2D eigenvalue weighted by molar-refractivity contribution is -0.131. The zero-order valence-electron chi connectivity index (χ0n) is 5.98. The van der Waals surface area contributed by atoms with Gasteiger partial charge in [-0.05, 0) is 0 Å². The van der Waals surface area contributed by atoms with Crippen molar-refractivity contribution in [2.24, 2.45) is 5.73 Å². The first-order chi connectivity index (χ1) is 5.54. The first-order valence-electron chi connectivity index (χ1n) is 3.13. The molecule has 1 atom stereocenters. The Morgan fingerprint density at radius 2 is 2.25 bits per heavy atom. The van der Waals surface area contributed by atoms with Crippen LogP contribution in [0.3, 0.4) is 0 Å². The molecule has 0 aromatic heterocycles. The van der Waals surface area contributed by atoms with Gasteiger partial charge in [0, 0.05) is 6.54 Å². The van der Waals surface area contributed by atoms with Crippen LogP contribution in [0.25, 0.3) is 0 Å². The second kappa shape index (κ2) is 2.68. The van der Waals surface area contributed by atoms with E-state index in [0.29, 0.717) is 4.90 Å². The quantitative estimate of drug-likeness (QED) is 0.420. The summed E-state index contributed by atoms with van der Waals surface area (Å²) in [5.41, 5.74) is 4.74. The van der Waals surface area contributed by atoms with Crippen molar-refractivity contribution in [3.8, 4) is 0 Å². The molecular formula is C5H7N3O4. The highest BCUT2D eigenvalue weighted by molar-refractivity contribution is 5.98. The highest BCUT2D eigenvalue weighted by atomic mass is 16.4. The molecule has 66 valence electrons. The zero-order chi connectivity index (χ0) is 9.30. The summed E-state index contributed by atoms with van der Waals surface area (Å²) in [4.78, 5) is 31.8. The van der Waals surface area contributed by atoms with E-state index < -0.39 is 24.1 Å². The van der Waals surface area contributed by atoms with Crippen LogP contribution in [0.15, 0.2) is 0 Å². The molecule has 0 radical (unpaired) electrons. The van der Waals surface area contributed by atoms with Crippen molar-refractivity contribution in [2.75, 3.05) is 6.54 Å². The number of imide groups is 1. The van der Waals surface area contributed by atoms with Crippen molar-refractivity contribution >= 4 is 18.0 Å². The van der Waals surface area contributed by atoms with Gasteiger partial charge >= 0.3 is 12.1 Å². The first kappa shape index (κ1) is 8.31. The van der Waals surface area contributed by atoms with Gasteiger partial charge in [0.25, 0.3) is 0 Å². The number of amides is 4. The minimum absolute atomic E-state index is 0.133. The Labute approximate surface area is 67.1 Å². The van der Waals surface area contributed by atoms with Gasteiger partial charge in [-0.3, -0.25) is 4.79 Å². The maximum Gasteiger partial charge on any atom is 0.416 e. The van der Waals surface area contributed by atoms with Crippen LogP contribution in [0.4, 0.5) is 9.59 Å². The average Bonchev–Trinajstić information content (AvgIpc) is 1.95. The number of primary amides is 1. The molecule has 0 aliphatic carbocycles. The smallest absolute Gasteiger partial charge is 0.416 e. The minimum Gasteiger partial charge on any atom is -0.465 e. The van der Waals surface area contributed by atoms with Gasteiger partial charge < -0.3 is 16.2 Å². The molecule has 0 aromatic rings. The van der Waals surface area contributed by atoms with E-state index in [-0.39, 0.29) is 6.54 Å². The van der Waals surface area contributed by atoms with E-state index >= 15 is 0 Å². The Kier molecular flexibility index (Phi) is 1.86. The Morgan fingerprint density at radius 1 is 1.67 bits per heavy atom. The van der Waals surface area contributed by atoms with Crippen molar-refractivity contribution in [1.82, 2.24) is 10.2 Å². The second-order valence-electron chi connectivity index (χ2n) is 2.25. The highest BCUT2D eigenvalue weighted by Gasteiger charge is 2.39. The lowest BCUT2D eigenvalue weighted by atomic mass is 10.1. The lowest BCUT2D eigenvalue weighted by Crippen LogP contribution is -2.65. The topological polar surface area (TPSA) is 113 Å². The van der Waals surface area contributed by atoms with E-state index in [1.165, 1.54) is 0 Å². The third kappa shape index (κ3) is 1.16. The SMILES string of the molecule is NC(=O)N(C(=O)O)C1CNC1=O. The molecule has 1 saturated heterocycles. The van der Waals surface area contributed by atoms with E-state index in [1.807, 2.05) is 0 Å². The molecule has 4 N–H and O–H groups in total. The van der Waals surface area contributed by atoms with Gasteiger partial charge in [0.05, 0.1) is 0 Å². The lowest BCUT2D eigenvalue weighted by Gasteiger charge is -2.31. The fourth-order valence-corrected chi connectivity index (χ4v) is 0.866. The number of nitrogens with zero attached hydrogens (tertiary/aromatic N) is 1. The number of nitrogens with one attached hydrogen (secondary N) is 1. The van der Waals surface area contributed by atoms with Crippen molar-refractivity contribution in [1.29, 1.82) is 0 Å². The van der Waals surface area contributed by atoms with Gasteiger partial charge in [-0.1, -0.05) is 0 Å². The molecule has 1 aliphatic heterocycles.